The number of aromatic nitrogens is 3. The summed E-state index contributed by atoms with van der Waals surface area (Å²) in [5.41, 5.74) is 6.57. The molecule has 0 unspecified atom stereocenters. The first-order valence-corrected chi connectivity index (χ1v) is 7.77. The molecule has 3 N–H and O–H groups in total. The van der Waals surface area contributed by atoms with Crippen LogP contribution in [-0.2, 0) is 19.5 Å². The Balaban J connectivity index is 1.70. The number of carbonyl (C=O) groups is 1. The summed E-state index contributed by atoms with van der Waals surface area (Å²) in [6.45, 7) is 1.25. The smallest absolute Gasteiger partial charge is 0.253 e. The van der Waals surface area contributed by atoms with E-state index in [0.29, 0.717) is 22.8 Å². The summed E-state index contributed by atoms with van der Waals surface area (Å²) < 4.78 is 2.11. The number of rotatable bonds is 3. The summed E-state index contributed by atoms with van der Waals surface area (Å²) in [5.74, 6) is 1.56. The van der Waals surface area contributed by atoms with Crippen LogP contribution < -0.4 is 11.1 Å². The minimum atomic E-state index is -0.240. The maximum absolute atomic E-state index is 12.2. The third-order valence-electron chi connectivity index (χ3n) is 3.83. The van der Waals surface area contributed by atoms with Crippen LogP contribution in [0.2, 0.25) is 5.02 Å². The fraction of sp³-hybridized carbons (Fsp3) is 0.400. The molecule has 1 aromatic heterocycles. The second kappa shape index (κ2) is 6.36. The van der Waals surface area contributed by atoms with Gasteiger partial charge in [0.05, 0.1) is 17.1 Å². The molecule has 0 aliphatic carbocycles. The summed E-state index contributed by atoms with van der Waals surface area (Å²) in [7, 11) is 0. The summed E-state index contributed by atoms with van der Waals surface area (Å²) >= 11 is 6.05. The normalized spacial score (nSPS) is 14.2. The van der Waals surface area contributed by atoms with Crippen molar-refractivity contribution in [2.45, 2.75) is 38.8 Å². The molecule has 2 heterocycles. The van der Waals surface area contributed by atoms with Crippen molar-refractivity contribution in [3.05, 3.63) is 40.4 Å². The Bertz CT molecular complexity index is 697. The van der Waals surface area contributed by atoms with Crippen LogP contribution in [0.3, 0.4) is 0 Å². The van der Waals surface area contributed by atoms with E-state index in [1.54, 1.807) is 18.2 Å². The first kappa shape index (κ1) is 14.8. The number of carbonyl (C=O) groups excluding carboxylic acids is 1. The van der Waals surface area contributed by atoms with Crippen LogP contribution in [0.4, 0.5) is 5.69 Å². The van der Waals surface area contributed by atoms with E-state index in [2.05, 4.69) is 20.1 Å². The van der Waals surface area contributed by atoms with Crippen molar-refractivity contribution < 1.29 is 4.79 Å². The largest absolute Gasteiger partial charge is 0.399 e. The number of nitrogens with one attached hydrogen (secondary N) is 1. The van der Waals surface area contributed by atoms with Gasteiger partial charge in [0.2, 0.25) is 0 Å². The monoisotopic (exact) mass is 319 g/mol. The quantitative estimate of drug-likeness (QED) is 0.849. The zero-order valence-electron chi connectivity index (χ0n) is 12.2. The number of nitrogen functional groups attached to an aromatic ring is 1. The van der Waals surface area contributed by atoms with Crippen molar-refractivity contribution in [1.82, 2.24) is 20.1 Å². The van der Waals surface area contributed by atoms with E-state index < -0.39 is 0 Å². The molecule has 1 aliphatic rings. The number of nitrogens with zero attached hydrogens (tertiary/aromatic N) is 3. The van der Waals surface area contributed by atoms with E-state index in [1.807, 2.05) is 0 Å². The highest BCUT2D eigenvalue weighted by molar-refractivity contribution is 6.34. The summed E-state index contributed by atoms with van der Waals surface area (Å²) in [5, 5.41) is 11.6. The van der Waals surface area contributed by atoms with Gasteiger partial charge in [-0.05, 0) is 31.0 Å². The van der Waals surface area contributed by atoms with Crippen LogP contribution in [0, 0.1) is 0 Å². The number of halogens is 1. The van der Waals surface area contributed by atoms with Crippen LogP contribution in [0.15, 0.2) is 18.2 Å². The Morgan fingerprint density at radius 3 is 3.00 bits per heavy atom. The number of nitrogens with two attached hydrogens (primary N) is 1. The van der Waals surface area contributed by atoms with E-state index in [0.717, 1.165) is 37.5 Å². The van der Waals surface area contributed by atoms with E-state index in [4.69, 9.17) is 17.3 Å². The molecule has 6 nitrogen and oxygen atoms in total. The van der Waals surface area contributed by atoms with Crippen molar-refractivity contribution >= 4 is 23.2 Å². The Morgan fingerprint density at radius 2 is 2.18 bits per heavy atom. The molecule has 2 aromatic rings. The molecule has 116 valence electrons. The number of anilines is 1. The molecule has 0 spiro atoms. The highest BCUT2D eigenvalue weighted by atomic mass is 35.5. The lowest BCUT2D eigenvalue weighted by molar-refractivity contribution is 0.0949. The second-order valence-electron chi connectivity index (χ2n) is 5.42. The van der Waals surface area contributed by atoms with Gasteiger partial charge in [0.15, 0.2) is 5.82 Å². The molecule has 0 radical (unpaired) electrons. The zero-order valence-corrected chi connectivity index (χ0v) is 12.9. The van der Waals surface area contributed by atoms with Crippen LogP contribution in [-0.4, -0.2) is 20.7 Å². The minimum absolute atomic E-state index is 0.240. The molecule has 1 amide bonds. The molecule has 22 heavy (non-hydrogen) atoms. The number of hydrogen-bond donors (Lipinski definition) is 2. The van der Waals surface area contributed by atoms with Crippen molar-refractivity contribution in [3.63, 3.8) is 0 Å². The number of hydrogen-bond acceptors (Lipinski definition) is 4. The van der Waals surface area contributed by atoms with Crippen molar-refractivity contribution in [1.29, 1.82) is 0 Å². The Hall–Kier alpha value is -2.08. The molecule has 0 bridgehead atoms. The highest BCUT2D eigenvalue weighted by Gasteiger charge is 2.16. The molecular weight excluding hydrogens is 302 g/mol. The van der Waals surface area contributed by atoms with Crippen molar-refractivity contribution in [2.75, 3.05) is 5.73 Å². The summed E-state index contributed by atoms with van der Waals surface area (Å²) in [6.07, 6.45) is 4.42. The Labute approximate surface area is 133 Å². The molecule has 7 heteroatoms. The van der Waals surface area contributed by atoms with Crippen LogP contribution >= 0.6 is 11.6 Å². The zero-order chi connectivity index (χ0) is 15.5. The van der Waals surface area contributed by atoms with E-state index >= 15 is 0 Å². The van der Waals surface area contributed by atoms with Gasteiger partial charge < -0.3 is 15.6 Å². The third-order valence-corrected chi connectivity index (χ3v) is 4.14. The molecule has 1 aromatic carbocycles. The van der Waals surface area contributed by atoms with E-state index in [-0.39, 0.29) is 5.91 Å². The van der Waals surface area contributed by atoms with Crippen LogP contribution in [0.5, 0.6) is 0 Å². The first-order chi connectivity index (χ1) is 10.6. The van der Waals surface area contributed by atoms with Gasteiger partial charge in [-0.1, -0.05) is 18.0 Å². The lowest BCUT2D eigenvalue weighted by Crippen LogP contribution is -2.25. The summed E-state index contributed by atoms with van der Waals surface area (Å²) in [6, 6.07) is 4.85. The number of amides is 1. The predicted octanol–water partition coefficient (Wildman–Crippen LogP) is 2.17. The third kappa shape index (κ3) is 3.06. The van der Waals surface area contributed by atoms with Gasteiger partial charge in [0.1, 0.15) is 5.82 Å². The van der Waals surface area contributed by atoms with Crippen LogP contribution in [0.1, 0.15) is 41.3 Å². The predicted molar refractivity (Wildman–Crippen MR) is 84.6 cm³/mol. The summed E-state index contributed by atoms with van der Waals surface area (Å²) in [4.78, 5) is 12.2. The number of aryl methyl sites for hydroxylation is 1. The van der Waals surface area contributed by atoms with Gasteiger partial charge in [0.25, 0.3) is 5.91 Å². The van der Waals surface area contributed by atoms with Gasteiger partial charge in [-0.2, -0.15) is 0 Å². The van der Waals surface area contributed by atoms with Gasteiger partial charge in [-0.3, -0.25) is 4.79 Å². The second-order valence-corrected chi connectivity index (χ2v) is 5.82. The fourth-order valence-electron chi connectivity index (χ4n) is 2.65. The lowest BCUT2D eigenvalue weighted by Gasteiger charge is -2.09. The molecule has 3 rings (SSSR count). The SMILES string of the molecule is Nc1ccc(C(=O)NCc2nnc3n2CCCCC3)c(Cl)c1. The fourth-order valence-corrected chi connectivity index (χ4v) is 2.92. The van der Waals surface area contributed by atoms with E-state index in [9.17, 15) is 4.79 Å². The van der Waals surface area contributed by atoms with Gasteiger partial charge in [-0.25, -0.2) is 0 Å². The average Bonchev–Trinajstić information content (AvgIpc) is 2.72. The minimum Gasteiger partial charge on any atom is -0.399 e. The van der Waals surface area contributed by atoms with Gasteiger partial charge in [0, 0.05) is 18.7 Å². The standard InChI is InChI=1S/C15H18ClN5O/c16-12-8-10(17)5-6-11(12)15(22)18-9-14-20-19-13-4-2-1-3-7-21(13)14/h5-6,8H,1-4,7,9,17H2,(H,18,22). The topological polar surface area (TPSA) is 85.8 Å². The van der Waals surface area contributed by atoms with Crippen molar-refractivity contribution in [3.8, 4) is 0 Å². The Kier molecular flexibility index (Phi) is 4.29. The van der Waals surface area contributed by atoms with Gasteiger partial charge in [-0.15, -0.1) is 10.2 Å². The van der Waals surface area contributed by atoms with Gasteiger partial charge >= 0.3 is 0 Å². The molecule has 0 saturated heterocycles. The molecule has 0 fully saturated rings. The first-order valence-electron chi connectivity index (χ1n) is 7.39. The van der Waals surface area contributed by atoms with Crippen molar-refractivity contribution in [2.24, 2.45) is 0 Å². The number of benzene rings is 1. The molecule has 1 aliphatic heterocycles. The molecule has 0 saturated carbocycles. The maximum Gasteiger partial charge on any atom is 0.253 e. The lowest BCUT2D eigenvalue weighted by atomic mass is 10.2. The maximum atomic E-state index is 12.2. The van der Waals surface area contributed by atoms with E-state index in [1.165, 1.54) is 6.42 Å². The average molecular weight is 320 g/mol. The highest BCUT2D eigenvalue weighted by Crippen LogP contribution is 2.19. The van der Waals surface area contributed by atoms with Crippen LogP contribution in [0.25, 0.3) is 0 Å². The molecule has 0 atom stereocenters. The Morgan fingerprint density at radius 1 is 1.32 bits per heavy atom. The molecular formula is C15H18ClN5O. The number of fused-ring (bicyclic) bond motifs is 1.